The molecule has 17 heavy (non-hydrogen) atoms. The number of nitroso groups, excluding NO2 is 1. The lowest BCUT2D eigenvalue weighted by Crippen LogP contribution is -2.33. The fraction of sp³-hybridized carbons (Fsp3) is 0.600. The molecule has 2 rings (SSSR count). The third kappa shape index (κ3) is 2.00. The van der Waals surface area contributed by atoms with E-state index >= 15 is 0 Å². The molecule has 7 nitrogen and oxygen atoms in total. The lowest BCUT2D eigenvalue weighted by Gasteiger charge is -2.24. The quantitative estimate of drug-likeness (QED) is 0.755. The van der Waals surface area contributed by atoms with E-state index in [1.54, 1.807) is 0 Å². The molecule has 1 aromatic rings. The van der Waals surface area contributed by atoms with Crippen LogP contribution >= 0.6 is 0 Å². The average Bonchev–Trinajstić information content (AvgIpc) is 2.30. The van der Waals surface area contributed by atoms with E-state index in [0.29, 0.717) is 0 Å². The summed E-state index contributed by atoms with van der Waals surface area (Å²) in [6, 6.07) is -0.173. The first kappa shape index (κ1) is 11.6. The molecule has 0 aliphatic heterocycles. The van der Waals surface area contributed by atoms with Gasteiger partial charge >= 0.3 is 5.69 Å². The van der Waals surface area contributed by atoms with Crippen molar-refractivity contribution >= 4 is 5.69 Å². The summed E-state index contributed by atoms with van der Waals surface area (Å²) in [4.78, 5) is 35.3. The highest BCUT2D eigenvalue weighted by Gasteiger charge is 2.23. The molecule has 0 spiro atoms. The monoisotopic (exact) mass is 239 g/mol. The summed E-state index contributed by atoms with van der Waals surface area (Å²) in [6.07, 6.45) is 4.50. The van der Waals surface area contributed by atoms with Gasteiger partial charge in [0.15, 0.2) is 0 Å². The van der Waals surface area contributed by atoms with E-state index in [1.165, 1.54) is 0 Å². The van der Waals surface area contributed by atoms with Crippen LogP contribution in [-0.2, 0) is 0 Å². The Morgan fingerprint density at radius 1 is 1.24 bits per heavy atom. The van der Waals surface area contributed by atoms with Crippen molar-refractivity contribution < 1.29 is 5.11 Å². The van der Waals surface area contributed by atoms with Crippen molar-refractivity contribution in [1.82, 2.24) is 9.55 Å². The molecule has 1 saturated carbocycles. The van der Waals surface area contributed by atoms with Crippen molar-refractivity contribution in [2.24, 2.45) is 5.18 Å². The SMILES string of the molecule is O=Nc1c(O)n(C2CCCCC2)c(=O)[nH]c1=O. The van der Waals surface area contributed by atoms with Crippen LogP contribution in [0.3, 0.4) is 0 Å². The van der Waals surface area contributed by atoms with Gasteiger partial charge in [-0.25, -0.2) is 4.79 Å². The van der Waals surface area contributed by atoms with Crippen LogP contribution in [0.25, 0.3) is 0 Å². The van der Waals surface area contributed by atoms with E-state index < -0.39 is 22.8 Å². The van der Waals surface area contributed by atoms with Gasteiger partial charge in [-0.3, -0.25) is 14.3 Å². The van der Waals surface area contributed by atoms with Gasteiger partial charge in [0, 0.05) is 6.04 Å². The second-order valence-electron chi connectivity index (χ2n) is 4.18. The van der Waals surface area contributed by atoms with Crippen LogP contribution in [0.4, 0.5) is 5.69 Å². The summed E-state index contributed by atoms with van der Waals surface area (Å²) in [5.74, 6) is -0.624. The normalized spacial score (nSPS) is 16.9. The first-order chi connectivity index (χ1) is 8.15. The highest BCUT2D eigenvalue weighted by atomic mass is 16.3. The predicted molar refractivity (Wildman–Crippen MR) is 60.6 cm³/mol. The Balaban J connectivity index is 2.56. The summed E-state index contributed by atoms with van der Waals surface area (Å²) in [7, 11) is 0. The Morgan fingerprint density at radius 3 is 2.47 bits per heavy atom. The maximum Gasteiger partial charge on any atom is 0.331 e. The molecule has 1 heterocycles. The molecule has 0 unspecified atom stereocenters. The lowest BCUT2D eigenvalue weighted by atomic mass is 9.95. The third-order valence-electron chi connectivity index (χ3n) is 3.13. The first-order valence-corrected chi connectivity index (χ1v) is 5.56. The lowest BCUT2D eigenvalue weighted by molar-refractivity contribution is 0.300. The average molecular weight is 239 g/mol. The van der Waals surface area contributed by atoms with Gasteiger partial charge in [0.05, 0.1) is 0 Å². The van der Waals surface area contributed by atoms with E-state index in [0.717, 1.165) is 36.7 Å². The highest BCUT2D eigenvalue weighted by Crippen LogP contribution is 2.31. The molecule has 1 aliphatic rings. The number of hydrogen-bond donors (Lipinski definition) is 2. The number of H-pyrrole nitrogens is 1. The second kappa shape index (κ2) is 4.52. The van der Waals surface area contributed by atoms with Gasteiger partial charge in [0.2, 0.25) is 11.6 Å². The summed E-state index contributed by atoms with van der Waals surface area (Å²) in [6.45, 7) is 0. The fourth-order valence-corrected chi connectivity index (χ4v) is 2.29. The van der Waals surface area contributed by atoms with Gasteiger partial charge in [-0.1, -0.05) is 19.3 Å². The van der Waals surface area contributed by atoms with Crippen LogP contribution in [0.2, 0.25) is 0 Å². The van der Waals surface area contributed by atoms with Crippen LogP contribution < -0.4 is 11.2 Å². The van der Waals surface area contributed by atoms with Gasteiger partial charge in [-0.15, -0.1) is 4.91 Å². The number of hydrogen-bond acceptors (Lipinski definition) is 5. The molecule has 92 valence electrons. The maximum atomic E-state index is 11.6. The Morgan fingerprint density at radius 2 is 1.88 bits per heavy atom. The molecule has 0 atom stereocenters. The van der Waals surface area contributed by atoms with Crippen molar-refractivity contribution in [2.45, 2.75) is 38.1 Å². The van der Waals surface area contributed by atoms with Crippen LogP contribution in [0.1, 0.15) is 38.1 Å². The number of aromatic amines is 1. The Labute approximate surface area is 96.1 Å². The van der Waals surface area contributed by atoms with E-state index in [9.17, 15) is 19.6 Å². The second-order valence-corrected chi connectivity index (χ2v) is 4.18. The van der Waals surface area contributed by atoms with Gasteiger partial charge in [0.1, 0.15) is 0 Å². The number of aromatic hydroxyl groups is 1. The molecule has 0 saturated heterocycles. The molecular weight excluding hydrogens is 226 g/mol. The van der Waals surface area contributed by atoms with Crippen molar-refractivity contribution in [2.75, 3.05) is 0 Å². The van der Waals surface area contributed by atoms with Crippen molar-refractivity contribution in [3.8, 4) is 5.88 Å². The standard InChI is InChI=1S/C10H13N3O4/c14-8-7(12-17)9(15)13(10(16)11-8)6-4-2-1-3-5-6/h6,15H,1-5H2,(H,11,14,16). The maximum absolute atomic E-state index is 11.6. The summed E-state index contributed by atoms with van der Waals surface area (Å²) in [5.41, 5.74) is -2.27. The Kier molecular flexibility index (Phi) is 3.08. The van der Waals surface area contributed by atoms with E-state index in [-0.39, 0.29) is 6.04 Å². The summed E-state index contributed by atoms with van der Waals surface area (Å²) < 4.78 is 1.07. The molecule has 0 bridgehead atoms. The Bertz CT molecular complexity index is 539. The molecule has 0 amide bonds. The molecule has 7 heteroatoms. The highest BCUT2D eigenvalue weighted by molar-refractivity contribution is 5.43. The van der Waals surface area contributed by atoms with Crippen LogP contribution in [0.15, 0.2) is 14.8 Å². The minimum absolute atomic E-state index is 0.173. The van der Waals surface area contributed by atoms with E-state index in [2.05, 4.69) is 5.18 Å². The fourth-order valence-electron chi connectivity index (χ4n) is 2.29. The topological polar surface area (TPSA) is 105 Å². The molecule has 0 radical (unpaired) electrons. The molecule has 1 aromatic heterocycles. The predicted octanol–water partition coefficient (Wildman–Crippen LogP) is 1.15. The van der Waals surface area contributed by atoms with Crippen LogP contribution in [0, 0.1) is 4.91 Å². The first-order valence-electron chi connectivity index (χ1n) is 5.56. The van der Waals surface area contributed by atoms with Crippen molar-refractivity contribution in [3.05, 3.63) is 25.7 Å². The van der Waals surface area contributed by atoms with Gasteiger partial charge in [-0.05, 0) is 18.0 Å². The molecular formula is C10H13N3O4. The smallest absolute Gasteiger partial charge is 0.331 e. The largest absolute Gasteiger partial charge is 0.493 e. The zero-order valence-corrected chi connectivity index (χ0v) is 9.18. The van der Waals surface area contributed by atoms with Crippen LogP contribution in [0.5, 0.6) is 5.88 Å². The molecule has 0 aromatic carbocycles. The number of aromatic nitrogens is 2. The minimum atomic E-state index is -0.949. The van der Waals surface area contributed by atoms with Crippen molar-refractivity contribution in [1.29, 1.82) is 0 Å². The van der Waals surface area contributed by atoms with Crippen molar-refractivity contribution in [3.63, 3.8) is 0 Å². The molecule has 1 fully saturated rings. The zero-order valence-electron chi connectivity index (χ0n) is 9.18. The van der Waals surface area contributed by atoms with Crippen LogP contribution in [-0.4, -0.2) is 14.7 Å². The van der Waals surface area contributed by atoms with Gasteiger partial charge in [-0.2, -0.15) is 0 Å². The summed E-state index contributed by atoms with van der Waals surface area (Å²) >= 11 is 0. The van der Waals surface area contributed by atoms with E-state index in [4.69, 9.17) is 0 Å². The number of nitrogens with one attached hydrogen (secondary N) is 1. The minimum Gasteiger partial charge on any atom is -0.493 e. The molecule has 2 N–H and O–H groups in total. The number of nitrogens with zero attached hydrogens (tertiary/aromatic N) is 2. The zero-order chi connectivity index (χ0) is 12.4. The van der Waals surface area contributed by atoms with E-state index in [1.807, 2.05) is 4.98 Å². The Hall–Kier alpha value is -1.92. The van der Waals surface area contributed by atoms with Gasteiger partial charge < -0.3 is 5.11 Å². The summed E-state index contributed by atoms with van der Waals surface area (Å²) in [5, 5.41) is 12.2. The third-order valence-corrected chi connectivity index (χ3v) is 3.13. The molecule has 1 aliphatic carbocycles. The number of rotatable bonds is 2. The van der Waals surface area contributed by atoms with Gasteiger partial charge in [0.25, 0.3) is 5.56 Å².